The SMILES string of the molecule is Cc1cc(CC(=O)N2C[C@H](O)C[C@H]2C(=O)CCc2ccc(-c3c(C)noc3C)cc2)on1. The molecule has 0 saturated carbocycles. The first-order chi connectivity index (χ1) is 15.3. The van der Waals surface area contributed by atoms with Gasteiger partial charge in [0, 0.05) is 31.0 Å². The zero-order valence-electron chi connectivity index (χ0n) is 18.5. The van der Waals surface area contributed by atoms with Crippen molar-refractivity contribution in [3.8, 4) is 11.1 Å². The Hall–Kier alpha value is -3.26. The van der Waals surface area contributed by atoms with Crippen LogP contribution in [-0.4, -0.2) is 50.7 Å². The molecule has 1 aliphatic rings. The highest BCUT2D eigenvalue weighted by Gasteiger charge is 2.38. The molecule has 1 aromatic carbocycles. The molecule has 168 valence electrons. The summed E-state index contributed by atoms with van der Waals surface area (Å²) < 4.78 is 10.4. The molecule has 0 radical (unpaired) electrons. The third kappa shape index (κ3) is 4.65. The van der Waals surface area contributed by atoms with Gasteiger partial charge in [-0.3, -0.25) is 9.59 Å². The molecule has 0 unspecified atom stereocenters. The minimum absolute atomic E-state index is 0.0283. The summed E-state index contributed by atoms with van der Waals surface area (Å²) >= 11 is 0. The number of aliphatic hydroxyl groups is 1. The Morgan fingerprint density at radius 2 is 1.88 bits per heavy atom. The molecular weight excluding hydrogens is 410 g/mol. The van der Waals surface area contributed by atoms with Gasteiger partial charge in [-0.25, -0.2) is 0 Å². The quantitative estimate of drug-likeness (QED) is 0.605. The second-order valence-corrected chi connectivity index (χ2v) is 8.43. The van der Waals surface area contributed by atoms with E-state index in [0.717, 1.165) is 28.1 Å². The fourth-order valence-corrected chi connectivity index (χ4v) is 4.31. The molecule has 3 heterocycles. The van der Waals surface area contributed by atoms with Crippen LogP contribution in [0.3, 0.4) is 0 Å². The normalized spacial score (nSPS) is 18.3. The highest BCUT2D eigenvalue weighted by atomic mass is 16.5. The lowest BCUT2D eigenvalue weighted by Gasteiger charge is -2.23. The van der Waals surface area contributed by atoms with E-state index in [4.69, 9.17) is 9.05 Å². The molecule has 0 bridgehead atoms. The van der Waals surface area contributed by atoms with E-state index in [1.54, 1.807) is 13.0 Å². The van der Waals surface area contributed by atoms with Gasteiger partial charge in [0.05, 0.1) is 30.0 Å². The predicted molar refractivity (Wildman–Crippen MR) is 116 cm³/mol. The molecule has 8 heteroatoms. The zero-order valence-corrected chi connectivity index (χ0v) is 18.5. The van der Waals surface area contributed by atoms with Crippen LogP contribution in [0.15, 0.2) is 39.4 Å². The second-order valence-electron chi connectivity index (χ2n) is 8.43. The van der Waals surface area contributed by atoms with Gasteiger partial charge in [0.15, 0.2) is 5.78 Å². The number of hydrogen-bond acceptors (Lipinski definition) is 7. The Labute approximate surface area is 186 Å². The molecule has 2 atom stereocenters. The van der Waals surface area contributed by atoms with E-state index in [1.165, 1.54) is 4.90 Å². The molecule has 4 rings (SSSR count). The van der Waals surface area contributed by atoms with Crippen molar-refractivity contribution in [2.75, 3.05) is 6.54 Å². The van der Waals surface area contributed by atoms with Crippen molar-refractivity contribution < 1.29 is 23.7 Å². The molecule has 1 N–H and O–H groups in total. The van der Waals surface area contributed by atoms with Crippen molar-refractivity contribution >= 4 is 11.7 Å². The number of carbonyl (C=O) groups excluding carboxylic acids is 2. The number of Topliss-reactive ketones (excluding diaryl/α,β-unsaturated/α-hetero) is 1. The molecular formula is C24H27N3O5. The molecule has 1 amide bonds. The van der Waals surface area contributed by atoms with E-state index in [2.05, 4.69) is 10.3 Å². The first kappa shape index (κ1) is 22.0. The van der Waals surface area contributed by atoms with Crippen molar-refractivity contribution in [2.24, 2.45) is 0 Å². The topological polar surface area (TPSA) is 110 Å². The summed E-state index contributed by atoms with van der Waals surface area (Å²) in [6.07, 6.45) is 0.466. The Morgan fingerprint density at radius 1 is 1.12 bits per heavy atom. The molecule has 1 fully saturated rings. The van der Waals surface area contributed by atoms with Crippen LogP contribution in [0, 0.1) is 20.8 Å². The van der Waals surface area contributed by atoms with Gasteiger partial charge >= 0.3 is 0 Å². The van der Waals surface area contributed by atoms with Crippen molar-refractivity contribution in [3.63, 3.8) is 0 Å². The molecule has 8 nitrogen and oxygen atoms in total. The summed E-state index contributed by atoms with van der Waals surface area (Å²) in [7, 11) is 0. The number of nitrogens with zero attached hydrogens (tertiary/aromatic N) is 3. The van der Waals surface area contributed by atoms with E-state index in [1.807, 2.05) is 38.1 Å². The Balaban J connectivity index is 1.37. The van der Waals surface area contributed by atoms with Gasteiger partial charge in [-0.15, -0.1) is 0 Å². The number of ketones is 1. The molecule has 1 aliphatic heterocycles. The standard InChI is InChI=1S/C24H27N3O5/c1-14-10-20(32-25-14)12-23(30)27-13-19(28)11-21(27)22(29)9-6-17-4-7-18(8-5-17)24-15(2)26-31-16(24)3/h4-5,7-8,10,19,21,28H,6,9,11-13H2,1-3H3/t19-,21+/m1/s1. The maximum absolute atomic E-state index is 12.9. The van der Waals surface area contributed by atoms with Gasteiger partial charge in [-0.05, 0) is 38.3 Å². The van der Waals surface area contributed by atoms with E-state index in [0.29, 0.717) is 24.3 Å². The number of likely N-dealkylation sites (tertiary alicyclic amines) is 1. The van der Waals surface area contributed by atoms with Crippen LogP contribution in [0.4, 0.5) is 0 Å². The van der Waals surface area contributed by atoms with Gasteiger partial charge in [0.1, 0.15) is 11.5 Å². The van der Waals surface area contributed by atoms with Crippen molar-refractivity contribution in [1.29, 1.82) is 0 Å². The summed E-state index contributed by atoms with van der Waals surface area (Å²) in [5, 5.41) is 17.9. The highest BCUT2D eigenvalue weighted by Crippen LogP contribution is 2.27. The molecule has 1 saturated heterocycles. The Morgan fingerprint density at radius 3 is 2.50 bits per heavy atom. The first-order valence-corrected chi connectivity index (χ1v) is 10.8. The zero-order chi connectivity index (χ0) is 22.8. The van der Waals surface area contributed by atoms with Crippen LogP contribution >= 0.6 is 0 Å². The summed E-state index contributed by atoms with van der Waals surface area (Å²) in [5.74, 6) is 0.951. The number of rotatable bonds is 7. The molecule has 3 aromatic rings. The summed E-state index contributed by atoms with van der Waals surface area (Å²) in [5.41, 5.74) is 4.58. The fraction of sp³-hybridized carbons (Fsp3) is 0.417. The van der Waals surface area contributed by atoms with Crippen LogP contribution in [-0.2, 0) is 22.4 Å². The third-order valence-corrected chi connectivity index (χ3v) is 5.91. The largest absolute Gasteiger partial charge is 0.391 e. The summed E-state index contributed by atoms with van der Waals surface area (Å²) in [6.45, 7) is 5.73. The van der Waals surface area contributed by atoms with Gasteiger partial charge < -0.3 is 19.1 Å². The minimum Gasteiger partial charge on any atom is -0.391 e. The number of carbonyl (C=O) groups is 2. The van der Waals surface area contributed by atoms with E-state index in [-0.39, 0.29) is 31.1 Å². The van der Waals surface area contributed by atoms with Gasteiger partial charge in [-0.1, -0.05) is 34.6 Å². The molecule has 0 spiro atoms. The van der Waals surface area contributed by atoms with Crippen molar-refractivity contribution in [2.45, 2.75) is 58.6 Å². The number of amides is 1. The van der Waals surface area contributed by atoms with E-state index >= 15 is 0 Å². The smallest absolute Gasteiger partial charge is 0.231 e. The third-order valence-electron chi connectivity index (χ3n) is 5.91. The lowest BCUT2D eigenvalue weighted by atomic mass is 9.98. The molecule has 0 aliphatic carbocycles. The molecule has 32 heavy (non-hydrogen) atoms. The van der Waals surface area contributed by atoms with Crippen LogP contribution in [0.1, 0.15) is 41.3 Å². The van der Waals surface area contributed by atoms with E-state index in [9.17, 15) is 14.7 Å². The van der Waals surface area contributed by atoms with Crippen LogP contribution in [0.5, 0.6) is 0 Å². The Kier molecular flexibility index (Phi) is 6.23. The lowest BCUT2D eigenvalue weighted by Crippen LogP contribution is -2.41. The first-order valence-electron chi connectivity index (χ1n) is 10.8. The predicted octanol–water partition coefficient (Wildman–Crippen LogP) is 2.96. The monoisotopic (exact) mass is 437 g/mol. The summed E-state index contributed by atoms with van der Waals surface area (Å²) in [6, 6.07) is 9.08. The maximum atomic E-state index is 12.9. The summed E-state index contributed by atoms with van der Waals surface area (Å²) in [4.78, 5) is 27.1. The van der Waals surface area contributed by atoms with Crippen LogP contribution < -0.4 is 0 Å². The Bertz CT molecular complexity index is 1100. The van der Waals surface area contributed by atoms with Crippen LogP contribution in [0.2, 0.25) is 0 Å². The minimum atomic E-state index is -0.696. The van der Waals surface area contributed by atoms with Crippen molar-refractivity contribution in [1.82, 2.24) is 15.2 Å². The number of benzene rings is 1. The number of aromatic nitrogens is 2. The number of hydrogen-bond donors (Lipinski definition) is 1. The number of aliphatic hydroxyl groups excluding tert-OH is 1. The van der Waals surface area contributed by atoms with Crippen molar-refractivity contribution in [3.05, 3.63) is 58.8 Å². The van der Waals surface area contributed by atoms with Gasteiger partial charge in [0.2, 0.25) is 5.91 Å². The maximum Gasteiger partial charge on any atom is 0.231 e. The van der Waals surface area contributed by atoms with Gasteiger partial charge in [0.25, 0.3) is 0 Å². The van der Waals surface area contributed by atoms with Crippen LogP contribution in [0.25, 0.3) is 11.1 Å². The highest BCUT2D eigenvalue weighted by molar-refractivity contribution is 5.90. The number of β-amino-alcohol motifs (C(OH)–C–C–N with tert-alkyl or cyclic N) is 1. The van der Waals surface area contributed by atoms with Gasteiger partial charge in [-0.2, -0.15) is 0 Å². The fourth-order valence-electron chi connectivity index (χ4n) is 4.31. The molecule has 2 aromatic heterocycles. The lowest BCUT2D eigenvalue weighted by molar-refractivity contribution is -0.137. The van der Waals surface area contributed by atoms with E-state index < -0.39 is 12.1 Å². The second kappa shape index (κ2) is 9.08. The average Bonchev–Trinajstić information content (AvgIpc) is 3.45. The average molecular weight is 437 g/mol. The number of aryl methyl sites for hydroxylation is 4.